The molecule has 144 valence electrons. The zero-order chi connectivity index (χ0) is 19.7. The molecule has 4 aromatic rings. The van der Waals surface area contributed by atoms with Gasteiger partial charge < -0.3 is 4.42 Å². The van der Waals surface area contributed by atoms with Crippen molar-refractivity contribution in [2.24, 2.45) is 0 Å². The molecule has 7 nitrogen and oxygen atoms in total. The van der Waals surface area contributed by atoms with E-state index >= 15 is 0 Å². The fourth-order valence-corrected chi connectivity index (χ4v) is 5.30. The van der Waals surface area contributed by atoms with Crippen LogP contribution in [0, 0.1) is 6.92 Å². The summed E-state index contributed by atoms with van der Waals surface area (Å²) in [7, 11) is 0. The van der Waals surface area contributed by atoms with Gasteiger partial charge in [0.05, 0.1) is 11.1 Å². The highest BCUT2D eigenvalue weighted by Gasteiger charge is 2.17. The summed E-state index contributed by atoms with van der Waals surface area (Å²) in [5.74, 6) is 1.26. The summed E-state index contributed by atoms with van der Waals surface area (Å²) in [6, 6.07) is 4.22. The number of carbonyl (C=O) groups is 1. The molecule has 0 aliphatic carbocycles. The minimum atomic E-state index is -0.221. The van der Waals surface area contributed by atoms with E-state index in [9.17, 15) is 4.79 Å². The molecule has 28 heavy (non-hydrogen) atoms. The van der Waals surface area contributed by atoms with Gasteiger partial charge in [-0.2, -0.15) is 0 Å². The fourth-order valence-electron chi connectivity index (χ4n) is 2.54. The number of amides is 1. The van der Waals surface area contributed by atoms with E-state index in [1.165, 1.54) is 11.8 Å². The highest BCUT2D eigenvalue weighted by atomic mass is 32.2. The zero-order valence-corrected chi connectivity index (χ0v) is 17.9. The van der Waals surface area contributed by atoms with E-state index < -0.39 is 0 Å². The number of hydrogen-bond acceptors (Lipinski definition) is 9. The number of hydrogen-bond donors (Lipinski definition) is 1. The van der Waals surface area contributed by atoms with Crippen LogP contribution in [0.4, 0.5) is 6.01 Å². The lowest BCUT2D eigenvalue weighted by molar-refractivity contribution is -0.113. The molecular weight excluding hydrogens is 414 g/mol. The van der Waals surface area contributed by atoms with Gasteiger partial charge in [0.1, 0.15) is 15.7 Å². The normalized spacial score (nSPS) is 11.4. The highest BCUT2D eigenvalue weighted by Crippen LogP contribution is 2.39. The minimum Gasteiger partial charge on any atom is -0.408 e. The van der Waals surface area contributed by atoms with Crippen LogP contribution in [0.15, 0.2) is 32.3 Å². The molecule has 0 saturated carbocycles. The van der Waals surface area contributed by atoms with Gasteiger partial charge in [0.25, 0.3) is 0 Å². The number of anilines is 1. The van der Waals surface area contributed by atoms with Crippen molar-refractivity contribution in [3.05, 3.63) is 34.6 Å². The van der Waals surface area contributed by atoms with Crippen molar-refractivity contribution in [3.8, 4) is 10.4 Å². The molecular formula is C18H17N5O2S3. The first kappa shape index (κ1) is 19.0. The van der Waals surface area contributed by atoms with Crippen LogP contribution in [-0.4, -0.2) is 31.8 Å². The van der Waals surface area contributed by atoms with Crippen molar-refractivity contribution in [2.75, 3.05) is 11.1 Å². The predicted molar refractivity (Wildman–Crippen MR) is 113 cm³/mol. The second-order valence-corrected chi connectivity index (χ2v) is 9.09. The van der Waals surface area contributed by atoms with Gasteiger partial charge in [0.15, 0.2) is 0 Å². The lowest BCUT2D eigenvalue weighted by Crippen LogP contribution is -2.14. The Bertz CT molecular complexity index is 1120. The molecule has 4 heterocycles. The Morgan fingerprint density at radius 1 is 1.29 bits per heavy atom. The fraction of sp³-hybridized carbons (Fsp3) is 0.278. The maximum absolute atomic E-state index is 12.3. The van der Waals surface area contributed by atoms with Gasteiger partial charge in [0, 0.05) is 21.7 Å². The molecule has 10 heteroatoms. The van der Waals surface area contributed by atoms with E-state index in [0.29, 0.717) is 11.7 Å². The SMILES string of the molecule is Cc1nc(SCC(=O)Nc2nnc(C(C)C)o2)c2c(-c3cccs3)csc2n1. The van der Waals surface area contributed by atoms with Gasteiger partial charge in [-0.15, -0.1) is 27.8 Å². The molecule has 0 aliphatic rings. The van der Waals surface area contributed by atoms with Crippen LogP contribution < -0.4 is 5.32 Å². The molecule has 0 bridgehead atoms. The Labute approximate surface area is 173 Å². The van der Waals surface area contributed by atoms with Crippen LogP contribution in [-0.2, 0) is 4.79 Å². The van der Waals surface area contributed by atoms with Crippen molar-refractivity contribution in [3.63, 3.8) is 0 Å². The third-order valence-electron chi connectivity index (χ3n) is 3.82. The first-order valence-corrected chi connectivity index (χ1v) is 11.3. The lowest BCUT2D eigenvalue weighted by Gasteiger charge is -2.05. The molecule has 4 aromatic heterocycles. The van der Waals surface area contributed by atoms with Crippen molar-refractivity contribution in [1.29, 1.82) is 0 Å². The summed E-state index contributed by atoms with van der Waals surface area (Å²) in [5, 5.41) is 16.4. The molecule has 0 spiro atoms. The Morgan fingerprint density at radius 3 is 2.86 bits per heavy atom. The van der Waals surface area contributed by atoms with Crippen LogP contribution in [0.25, 0.3) is 20.7 Å². The molecule has 1 amide bonds. The van der Waals surface area contributed by atoms with E-state index in [4.69, 9.17) is 4.42 Å². The van der Waals surface area contributed by atoms with Crippen molar-refractivity contribution >= 4 is 56.6 Å². The second-order valence-electron chi connectivity index (χ2n) is 6.32. The van der Waals surface area contributed by atoms with Gasteiger partial charge >= 0.3 is 6.01 Å². The standard InChI is InChI=1S/C18H17N5O2S3/c1-9(2)15-22-23-18(25-15)21-13(24)8-28-17-14-11(12-5-4-6-26-12)7-27-16(14)19-10(3)20-17/h4-7,9H,8H2,1-3H3,(H,21,23,24). The lowest BCUT2D eigenvalue weighted by atomic mass is 10.2. The third-order valence-corrected chi connectivity index (χ3v) is 6.57. The summed E-state index contributed by atoms with van der Waals surface area (Å²) in [6.07, 6.45) is 0. The molecule has 0 unspecified atom stereocenters. The Morgan fingerprint density at radius 2 is 2.14 bits per heavy atom. The first-order valence-electron chi connectivity index (χ1n) is 8.57. The number of thiophene rings is 2. The molecule has 0 atom stereocenters. The maximum Gasteiger partial charge on any atom is 0.322 e. The van der Waals surface area contributed by atoms with E-state index in [0.717, 1.165) is 25.7 Å². The van der Waals surface area contributed by atoms with Crippen molar-refractivity contribution in [1.82, 2.24) is 20.2 Å². The van der Waals surface area contributed by atoms with E-state index in [1.54, 1.807) is 22.7 Å². The van der Waals surface area contributed by atoms with Crippen LogP contribution in [0.2, 0.25) is 0 Å². The Balaban J connectivity index is 1.54. The Hall–Kier alpha value is -2.30. The van der Waals surface area contributed by atoms with Crippen molar-refractivity contribution < 1.29 is 9.21 Å². The molecule has 0 aliphatic heterocycles. The van der Waals surface area contributed by atoms with Crippen LogP contribution in [0.5, 0.6) is 0 Å². The maximum atomic E-state index is 12.3. The van der Waals surface area contributed by atoms with Gasteiger partial charge in [0.2, 0.25) is 11.8 Å². The van der Waals surface area contributed by atoms with Crippen LogP contribution in [0.1, 0.15) is 31.5 Å². The molecule has 1 N–H and O–H groups in total. The molecule has 0 saturated heterocycles. The predicted octanol–water partition coefficient (Wildman–Crippen LogP) is 4.97. The number of rotatable bonds is 6. The third kappa shape index (κ3) is 3.94. The number of fused-ring (bicyclic) bond motifs is 1. The average molecular weight is 432 g/mol. The average Bonchev–Trinajstić information content (AvgIpc) is 3.39. The summed E-state index contributed by atoms with van der Waals surface area (Å²) < 4.78 is 5.43. The van der Waals surface area contributed by atoms with Crippen LogP contribution in [0.3, 0.4) is 0 Å². The van der Waals surface area contributed by atoms with Gasteiger partial charge in [-0.3, -0.25) is 10.1 Å². The van der Waals surface area contributed by atoms with Gasteiger partial charge in [-0.1, -0.05) is 36.8 Å². The highest BCUT2D eigenvalue weighted by molar-refractivity contribution is 8.00. The van der Waals surface area contributed by atoms with E-state index in [-0.39, 0.29) is 23.6 Å². The largest absolute Gasteiger partial charge is 0.408 e. The number of nitrogens with one attached hydrogen (secondary N) is 1. The summed E-state index contributed by atoms with van der Waals surface area (Å²) >= 11 is 4.64. The summed E-state index contributed by atoms with van der Waals surface area (Å²) in [6.45, 7) is 5.76. The first-order chi connectivity index (χ1) is 13.5. The minimum absolute atomic E-state index is 0.110. The van der Waals surface area contributed by atoms with Crippen molar-refractivity contribution in [2.45, 2.75) is 31.7 Å². The molecule has 4 rings (SSSR count). The number of nitrogens with zero attached hydrogens (tertiary/aromatic N) is 4. The Kier molecular flexibility index (Phi) is 5.42. The quantitative estimate of drug-likeness (QED) is 0.340. The topological polar surface area (TPSA) is 93.8 Å². The number of thioether (sulfide) groups is 1. The number of carbonyl (C=O) groups excluding carboxylic acids is 1. The zero-order valence-electron chi connectivity index (χ0n) is 15.4. The van der Waals surface area contributed by atoms with E-state index in [2.05, 4.69) is 36.9 Å². The van der Waals surface area contributed by atoms with Crippen LogP contribution >= 0.6 is 34.4 Å². The molecule has 0 radical (unpaired) electrons. The summed E-state index contributed by atoms with van der Waals surface area (Å²) in [5.41, 5.74) is 1.11. The molecule has 0 aromatic carbocycles. The van der Waals surface area contributed by atoms with Gasteiger partial charge in [-0.05, 0) is 18.4 Å². The van der Waals surface area contributed by atoms with E-state index in [1.807, 2.05) is 32.2 Å². The number of aryl methyl sites for hydroxylation is 1. The van der Waals surface area contributed by atoms with Gasteiger partial charge in [-0.25, -0.2) is 9.97 Å². The second kappa shape index (κ2) is 7.98. The monoisotopic (exact) mass is 431 g/mol. The number of aromatic nitrogens is 4. The summed E-state index contributed by atoms with van der Waals surface area (Å²) in [4.78, 5) is 23.6. The molecule has 0 fully saturated rings. The smallest absolute Gasteiger partial charge is 0.322 e.